The number of carbonyl (C=O) groups is 3. The molecule has 1 heterocycles. The monoisotopic (exact) mass is 510 g/mol. The number of hydrogen-bond donors (Lipinski definition) is 3. The van der Waals surface area contributed by atoms with Crippen molar-refractivity contribution in [3.63, 3.8) is 0 Å². The quantitative estimate of drug-likeness (QED) is 0.389. The van der Waals surface area contributed by atoms with Crippen LogP contribution < -0.4 is 10.1 Å². The molecule has 0 saturated carbocycles. The molecule has 3 N–H and O–H groups in total. The summed E-state index contributed by atoms with van der Waals surface area (Å²) in [7, 11) is 0. The number of aromatic nitrogens is 1. The molecule has 1 aromatic heterocycles. The number of phenolic OH excluding ortho intramolecular Hbond substituents is 1. The number of carboxylic acids is 1. The molecule has 0 radical (unpaired) electrons. The largest absolute Gasteiger partial charge is 0.573 e. The second-order valence-corrected chi connectivity index (χ2v) is 8.16. The van der Waals surface area contributed by atoms with E-state index in [1.807, 2.05) is 0 Å². The van der Waals surface area contributed by atoms with Crippen molar-refractivity contribution in [3.8, 4) is 11.5 Å². The number of aliphatic carboxylic acids is 1. The highest BCUT2D eigenvalue weighted by Crippen LogP contribution is 2.33. The number of ether oxygens (including phenoxy) is 1. The van der Waals surface area contributed by atoms with E-state index >= 15 is 0 Å². The first-order chi connectivity index (χ1) is 16.8. The molecule has 8 nitrogen and oxygen atoms in total. The summed E-state index contributed by atoms with van der Waals surface area (Å²) in [6.45, 7) is 3.09. The fourth-order valence-electron chi connectivity index (χ4n) is 3.89. The Kier molecular flexibility index (Phi) is 7.56. The Morgan fingerprint density at radius 1 is 1.14 bits per heavy atom. The molecule has 36 heavy (non-hydrogen) atoms. The van der Waals surface area contributed by atoms with Crippen LogP contribution in [0.25, 0.3) is 10.9 Å². The maximum Gasteiger partial charge on any atom is 0.573 e. The predicted octanol–water partition coefficient (Wildman–Crippen LogP) is 4.29. The molecule has 0 saturated heterocycles. The number of amides is 1. The van der Waals surface area contributed by atoms with Crippen LogP contribution in [0.3, 0.4) is 0 Å². The van der Waals surface area contributed by atoms with Crippen LogP contribution in [-0.4, -0.2) is 45.0 Å². The third-order valence-electron chi connectivity index (χ3n) is 5.43. The van der Waals surface area contributed by atoms with Crippen molar-refractivity contribution >= 4 is 28.7 Å². The zero-order chi connectivity index (χ0) is 26.8. The molecular weight excluding hydrogens is 488 g/mol. The average Bonchev–Trinajstić information content (AvgIpc) is 3.01. The molecule has 2 aromatic carbocycles. The van der Waals surface area contributed by atoms with Crippen LogP contribution in [-0.2, 0) is 16.0 Å². The molecule has 0 unspecified atom stereocenters. The number of hydrogen-bond acceptors (Lipinski definition) is 5. The number of carboxylic acid groups (broad SMARTS) is 1. The summed E-state index contributed by atoms with van der Waals surface area (Å²) in [4.78, 5) is 36.3. The number of carbonyl (C=O) groups excluding carboxylic acids is 2. The minimum atomic E-state index is -4.90. The summed E-state index contributed by atoms with van der Waals surface area (Å²) in [5, 5.41) is 21.6. The SMILES string of the molecule is Cc1c(CCC(=O)N[C@@H](C)CC(=O)O)c2cc(O)c(F)cc2n1C(=O)c1ccc(OC(F)(F)F)cc1. The number of nitrogens with one attached hydrogen (secondary N) is 1. The van der Waals surface area contributed by atoms with Crippen LogP contribution in [0.15, 0.2) is 36.4 Å². The number of fused-ring (bicyclic) bond motifs is 1. The van der Waals surface area contributed by atoms with Crippen LogP contribution in [0.2, 0.25) is 0 Å². The van der Waals surface area contributed by atoms with Crippen LogP contribution in [0, 0.1) is 12.7 Å². The third kappa shape index (κ3) is 6.12. The highest BCUT2D eigenvalue weighted by molar-refractivity contribution is 6.04. The second-order valence-electron chi connectivity index (χ2n) is 8.16. The molecule has 1 atom stereocenters. The summed E-state index contributed by atoms with van der Waals surface area (Å²) in [6, 6.07) is 5.67. The molecule has 0 bridgehead atoms. The van der Waals surface area contributed by atoms with Gasteiger partial charge in [0.2, 0.25) is 5.91 Å². The van der Waals surface area contributed by atoms with Gasteiger partial charge in [-0.1, -0.05) is 0 Å². The zero-order valence-corrected chi connectivity index (χ0v) is 19.1. The number of aromatic hydroxyl groups is 1. The number of alkyl halides is 3. The molecule has 192 valence electrons. The van der Waals surface area contributed by atoms with Crippen molar-refractivity contribution in [2.45, 2.75) is 45.5 Å². The van der Waals surface area contributed by atoms with E-state index in [0.29, 0.717) is 16.6 Å². The minimum absolute atomic E-state index is 0.00945. The standard InChI is InChI=1S/C24H22F4N2O6/c1-12(9-22(33)34)29-21(32)8-7-16-13(2)30(19-11-18(25)20(31)10-17(16)19)23(35)14-3-5-15(6-4-14)36-24(26,27)28/h3-6,10-12,31H,7-9H2,1-2H3,(H,29,32)(H,33,34)/t12-/m0/s1. The predicted molar refractivity (Wildman–Crippen MR) is 119 cm³/mol. The number of benzene rings is 2. The van der Waals surface area contributed by atoms with Gasteiger partial charge in [-0.25, -0.2) is 4.39 Å². The van der Waals surface area contributed by atoms with Gasteiger partial charge in [-0.05, 0) is 56.2 Å². The van der Waals surface area contributed by atoms with Gasteiger partial charge in [0.25, 0.3) is 5.91 Å². The van der Waals surface area contributed by atoms with E-state index in [-0.39, 0.29) is 30.3 Å². The van der Waals surface area contributed by atoms with Crippen LogP contribution in [0.4, 0.5) is 17.6 Å². The first-order valence-electron chi connectivity index (χ1n) is 10.7. The van der Waals surface area contributed by atoms with E-state index in [4.69, 9.17) is 5.11 Å². The van der Waals surface area contributed by atoms with Gasteiger partial charge in [0, 0.05) is 35.2 Å². The smallest absolute Gasteiger partial charge is 0.505 e. The van der Waals surface area contributed by atoms with Crippen molar-refractivity contribution in [2.75, 3.05) is 0 Å². The summed E-state index contributed by atoms with van der Waals surface area (Å²) in [6.07, 6.45) is -5.17. The maximum atomic E-state index is 14.2. The first kappa shape index (κ1) is 26.5. The summed E-state index contributed by atoms with van der Waals surface area (Å²) in [5.74, 6) is -4.37. The lowest BCUT2D eigenvalue weighted by molar-refractivity contribution is -0.274. The van der Waals surface area contributed by atoms with E-state index < -0.39 is 47.5 Å². The minimum Gasteiger partial charge on any atom is -0.505 e. The van der Waals surface area contributed by atoms with Gasteiger partial charge in [-0.3, -0.25) is 19.0 Å². The van der Waals surface area contributed by atoms with Crippen molar-refractivity contribution in [1.82, 2.24) is 9.88 Å². The molecule has 0 spiro atoms. The van der Waals surface area contributed by atoms with Crippen molar-refractivity contribution < 1.29 is 46.9 Å². The van der Waals surface area contributed by atoms with E-state index in [2.05, 4.69) is 10.1 Å². The van der Waals surface area contributed by atoms with Crippen molar-refractivity contribution in [3.05, 3.63) is 59.0 Å². The zero-order valence-electron chi connectivity index (χ0n) is 19.1. The second kappa shape index (κ2) is 10.3. The Hall–Kier alpha value is -4.09. The van der Waals surface area contributed by atoms with Gasteiger partial charge in [0.1, 0.15) is 5.75 Å². The van der Waals surface area contributed by atoms with Crippen molar-refractivity contribution in [2.24, 2.45) is 0 Å². The number of nitrogens with zero attached hydrogens (tertiary/aromatic N) is 1. The van der Waals surface area contributed by atoms with E-state index in [1.165, 1.54) is 6.92 Å². The first-order valence-corrected chi connectivity index (χ1v) is 10.7. The molecule has 3 aromatic rings. The number of halogens is 4. The molecule has 12 heteroatoms. The molecular formula is C24H22F4N2O6. The Morgan fingerprint density at radius 3 is 2.36 bits per heavy atom. The van der Waals surface area contributed by atoms with Crippen LogP contribution in [0.1, 0.15) is 41.4 Å². The van der Waals surface area contributed by atoms with Gasteiger partial charge in [0.15, 0.2) is 11.6 Å². The topological polar surface area (TPSA) is 118 Å². The average molecular weight is 510 g/mol. The summed E-state index contributed by atoms with van der Waals surface area (Å²) < 4.78 is 56.4. The van der Waals surface area contributed by atoms with E-state index in [9.17, 15) is 37.1 Å². The molecule has 0 aliphatic rings. The normalized spacial score (nSPS) is 12.4. The van der Waals surface area contributed by atoms with Gasteiger partial charge in [-0.15, -0.1) is 13.2 Å². The Labute approximate surface area is 202 Å². The molecule has 0 aliphatic carbocycles. The number of rotatable bonds is 8. The Bertz CT molecular complexity index is 1320. The summed E-state index contributed by atoms with van der Waals surface area (Å²) in [5.41, 5.74) is 0.886. The van der Waals surface area contributed by atoms with Crippen molar-refractivity contribution in [1.29, 1.82) is 0 Å². The molecule has 1 amide bonds. The van der Waals surface area contributed by atoms with Gasteiger partial charge >= 0.3 is 12.3 Å². The van der Waals surface area contributed by atoms with Crippen LogP contribution in [0.5, 0.6) is 11.5 Å². The van der Waals surface area contributed by atoms with Gasteiger partial charge in [0.05, 0.1) is 11.9 Å². The Balaban J connectivity index is 1.93. The maximum absolute atomic E-state index is 14.2. The lowest BCUT2D eigenvalue weighted by Gasteiger charge is -2.12. The highest BCUT2D eigenvalue weighted by atomic mass is 19.4. The third-order valence-corrected chi connectivity index (χ3v) is 5.43. The van der Waals surface area contributed by atoms with Gasteiger partial charge < -0.3 is 20.3 Å². The fourth-order valence-corrected chi connectivity index (χ4v) is 3.89. The van der Waals surface area contributed by atoms with E-state index in [0.717, 1.165) is 41.0 Å². The fraction of sp³-hybridized carbons (Fsp3) is 0.292. The lowest BCUT2D eigenvalue weighted by atomic mass is 10.0. The van der Waals surface area contributed by atoms with E-state index in [1.54, 1.807) is 6.92 Å². The van der Waals surface area contributed by atoms with Gasteiger partial charge in [-0.2, -0.15) is 0 Å². The molecule has 3 rings (SSSR count). The van der Waals surface area contributed by atoms with Crippen LogP contribution >= 0.6 is 0 Å². The number of phenols is 1. The lowest BCUT2D eigenvalue weighted by Crippen LogP contribution is -2.34. The summed E-state index contributed by atoms with van der Waals surface area (Å²) >= 11 is 0. The number of aryl methyl sites for hydroxylation is 1. The molecule has 0 aliphatic heterocycles. The Morgan fingerprint density at radius 2 is 1.78 bits per heavy atom. The highest BCUT2D eigenvalue weighted by Gasteiger charge is 2.31. The molecule has 0 fully saturated rings.